The van der Waals surface area contributed by atoms with Gasteiger partial charge in [-0.15, -0.1) is 5.10 Å². The number of aromatic nitrogens is 4. The predicted molar refractivity (Wildman–Crippen MR) is 103 cm³/mol. The van der Waals surface area contributed by atoms with Crippen molar-refractivity contribution in [2.45, 2.75) is 45.3 Å². The van der Waals surface area contributed by atoms with E-state index >= 15 is 0 Å². The molecule has 1 aliphatic heterocycles. The fourth-order valence-electron chi connectivity index (χ4n) is 4.74. The summed E-state index contributed by atoms with van der Waals surface area (Å²) in [5.74, 6) is 0.795. The summed E-state index contributed by atoms with van der Waals surface area (Å²) in [7, 11) is 1.98. The van der Waals surface area contributed by atoms with Crippen LogP contribution in [0, 0.1) is 17.2 Å². The Kier molecular flexibility index (Phi) is 3.80. The van der Waals surface area contributed by atoms with Crippen LogP contribution in [0.2, 0.25) is 0 Å². The molecule has 3 aromatic rings. The van der Waals surface area contributed by atoms with Crippen molar-refractivity contribution in [2.24, 2.45) is 13.0 Å². The zero-order valence-corrected chi connectivity index (χ0v) is 15.9. The van der Waals surface area contributed by atoms with E-state index in [2.05, 4.69) is 51.1 Å². The van der Waals surface area contributed by atoms with E-state index in [9.17, 15) is 5.26 Å². The van der Waals surface area contributed by atoms with Gasteiger partial charge in [0.25, 0.3) is 0 Å². The summed E-state index contributed by atoms with van der Waals surface area (Å²) < 4.78 is 4.19. The highest BCUT2D eigenvalue weighted by atomic mass is 15.5. The van der Waals surface area contributed by atoms with Gasteiger partial charge in [-0.2, -0.15) is 5.26 Å². The first kappa shape index (κ1) is 16.5. The molecule has 0 bridgehead atoms. The van der Waals surface area contributed by atoms with E-state index < -0.39 is 0 Å². The van der Waals surface area contributed by atoms with Crippen molar-refractivity contribution in [3.05, 3.63) is 46.9 Å². The molecule has 0 spiro atoms. The molecule has 6 heteroatoms. The highest BCUT2D eigenvalue weighted by Crippen LogP contribution is 2.38. The maximum atomic E-state index is 9.72. The van der Waals surface area contributed by atoms with Gasteiger partial charge >= 0.3 is 0 Å². The van der Waals surface area contributed by atoms with Crippen LogP contribution in [0.4, 0.5) is 0 Å². The molecular formula is C21H24N6. The summed E-state index contributed by atoms with van der Waals surface area (Å²) >= 11 is 0. The van der Waals surface area contributed by atoms with Crippen LogP contribution in [-0.4, -0.2) is 31.0 Å². The second-order valence-corrected chi connectivity index (χ2v) is 8.13. The number of fused-ring (bicyclic) bond motifs is 2. The lowest BCUT2D eigenvalue weighted by atomic mass is 9.82. The Morgan fingerprint density at radius 1 is 1.26 bits per heavy atom. The second kappa shape index (κ2) is 6.21. The van der Waals surface area contributed by atoms with Gasteiger partial charge in [0.2, 0.25) is 0 Å². The van der Waals surface area contributed by atoms with Crippen molar-refractivity contribution in [1.29, 1.82) is 5.26 Å². The SMILES string of the molecule is CC1CC(n2nnc3c2CN(Cc2c(C#N)n(C)c4ccccc24)CC3)C1. The van der Waals surface area contributed by atoms with E-state index in [4.69, 9.17) is 0 Å². The Balaban J connectivity index is 1.45. The van der Waals surface area contributed by atoms with Crippen molar-refractivity contribution in [3.8, 4) is 6.07 Å². The Morgan fingerprint density at radius 2 is 2.07 bits per heavy atom. The van der Waals surface area contributed by atoms with Gasteiger partial charge in [-0.25, -0.2) is 4.68 Å². The molecule has 3 heterocycles. The third-order valence-electron chi connectivity index (χ3n) is 6.30. The minimum absolute atomic E-state index is 0.517. The third kappa shape index (κ3) is 2.57. The second-order valence-electron chi connectivity index (χ2n) is 8.13. The van der Waals surface area contributed by atoms with E-state index in [0.717, 1.165) is 54.4 Å². The molecule has 6 nitrogen and oxygen atoms in total. The predicted octanol–water partition coefficient (Wildman–Crippen LogP) is 3.17. The van der Waals surface area contributed by atoms with E-state index in [-0.39, 0.29) is 0 Å². The molecule has 0 N–H and O–H groups in total. The van der Waals surface area contributed by atoms with Crippen LogP contribution in [0.1, 0.15) is 48.5 Å². The first-order valence-corrected chi connectivity index (χ1v) is 9.77. The number of nitrogens with zero attached hydrogens (tertiary/aromatic N) is 6. The van der Waals surface area contributed by atoms with Crippen molar-refractivity contribution in [2.75, 3.05) is 6.54 Å². The topological polar surface area (TPSA) is 62.7 Å². The summed E-state index contributed by atoms with van der Waals surface area (Å²) in [6.07, 6.45) is 3.35. The first-order valence-electron chi connectivity index (χ1n) is 9.77. The summed E-state index contributed by atoms with van der Waals surface area (Å²) in [6.45, 7) is 4.91. The molecule has 0 atom stereocenters. The lowest BCUT2D eigenvalue weighted by Gasteiger charge is -2.35. The van der Waals surface area contributed by atoms with E-state index in [1.165, 1.54) is 23.9 Å². The number of nitriles is 1. The van der Waals surface area contributed by atoms with E-state index in [0.29, 0.717) is 6.04 Å². The molecule has 27 heavy (non-hydrogen) atoms. The van der Waals surface area contributed by atoms with Gasteiger partial charge < -0.3 is 4.57 Å². The van der Waals surface area contributed by atoms with Crippen LogP contribution in [0.25, 0.3) is 10.9 Å². The van der Waals surface area contributed by atoms with Gasteiger partial charge in [0, 0.05) is 49.6 Å². The smallest absolute Gasteiger partial charge is 0.125 e. The Morgan fingerprint density at radius 3 is 2.85 bits per heavy atom. The van der Waals surface area contributed by atoms with Gasteiger partial charge in [-0.3, -0.25) is 4.90 Å². The van der Waals surface area contributed by atoms with E-state index in [1.807, 2.05) is 17.7 Å². The van der Waals surface area contributed by atoms with Gasteiger partial charge in [0.1, 0.15) is 11.8 Å². The molecular weight excluding hydrogens is 336 g/mol. The van der Waals surface area contributed by atoms with Gasteiger partial charge in [0.05, 0.1) is 17.4 Å². The lowest BCUT2D eigenvalue weighted by molar-refractivity contribution is 0.178. The van der Waals surface area contributed by atoms with Gasteiger partial charge in [-0.05, 0) is 24.8 Å². The number of hydrogen-bond donors (Lipinski definition) is 0. The number of hydrogen-bond acceptors (Lipinski definition) is 4. The highest BCUT2D eigenvalue weighted by Gasteiger charge is 2.32. The highest BCUT2D eigenvalue weighted by molar-refractivity contribution is 5.86. The molecule has 138 valence electrons. The summed E-state index contributed by atoms with van der Waals surface area (Å²) in [5, 5.41) is 19.8. The summed E-state index contributed by atoms with van der Waals surface area (Å²) in [4.78, 5) is 2.44. The first-order chi connectivity index (χ1) is 13.2. The lowest BCUT2D eigenvalue weighted by Crippen LogP contribution is -2.34. The molecule has 0 amide bonds. The van der Waals surface area contributed by atoms with E-state index in [1.54, 1.807) is 0 Å². The van der Waals surface area contributed by atoms with Gasteiger partial charge in [0.15, 0.2) is 0 Å². The normalized spacial score (nSPS) is 22.4. The zero-order valence-electron chi connectivity index (χ0n) is 15.9. The Hall–Kier alpha value is -2.65. The van der Waals surface area contributed by atoms with Crippen LogP contribution in [-0.2, 0) is 26.6 Å². The van der Waals surface area contributed by atoms with Crippen molar-refractivity contribution < 1.29 is 0 Å². The van der Waals surface area contributed by atoms with Crippen LogP contribution >= 0.6 is 0 Å². The number of benzene rings is 1. The molecule has 0 radical (unpaired) electrons. The molecule has 1 fully saturated rings. The van der Waals surface area contributed by atoms with Crippen molar-refractivity contribution in [1.82, 2.24) is 24.5 Å². The number of para-hydroxylation sites is 1. The average molecular weight is 360 g/mol. The summed E-state index contributed by atoms with van der Waals surface area (Å²) in [6, 6.07) is 11.2. The fourth-order valence-corrected chi connectivity index (χ4v) is 4.74. The van der Waals surface area contributed by atoms with Crippen LogP contribution in [0.5, 0.6) is 0 Å². The van der Waals surface area contributed by atoms with Crippen molar-refractivity contribution >= 4 is 10.9 Å². The summed E-state index contributed by atoms with van der Waals surface area (Å²) in [5.41, 5.74) is 5.45. The van der Waals surface area contributed by atoms with Crippen LogP contribution < -0.4 is 0 Å². The Bertz CT molecular complexity index is 1050. The standard InChI is InChI=1S/C21H24N6/c1-14-9-15(10-14)27-21-13-26(8-7-18(21)23-24-27)12-17-16-5-3-4-6-19(16)25(2)20(17)11-22/h3-6,14-15H,7-10,12-13H2,1-2H3. The maximum absolute atomic E-state index is 9.72. The molecule has 1 saturated carbocycles. The minimum Gasteiger partial charge on any atom is -0.335 e. The monoisotopic (exact) mass is 360 g/mol. The maximum Gasteiger partial charge on any atom is 0.125 e. The molecule has 1 aromatic carbocycles. The van der Waals surface area contributed by atoms with Gasteiger partial charge in [-0.1, -0.05) is 30.3 Å². The molecule has 2 aromatic heterocycles. The molecule has 0 saturated heterocycles. The number of aryl methyl sites for hydroxylation is 1. The average Bonchev–Trinajstić information content (AvgIpc) is 3.18. The molecule has 1 aliphatic carbocycles. The molecule has 2 aliphatic rings. The fraction of sp³-hybridized carbons (Fsp3) is 0.476. The van der Waals surface area contributed by atoms with Crippen LogP contribution in [0.15, 0.2) is 24.3 Å². The molecule has 0 unspecified atom stereocenters. The number of rotatable bonds is 3. The quantitative estimate of drug-likeness (QED) is 0.720. The van der Waals surface area contributed by atoms with Crippen molar-refractivity contribution in [3.63, 3.8) is 0 Å². The largest absolute Gasteiger partial charge is 0.335 e. The third-order valence-corrected chi connectivity index (χ3v) is 6.30. The Labute approximate surface area is 159 Å². The van der Waals surface area contributed by atoms with Crippen LogP contribution in [0.3, 0.4) is 0 Å². The minimum atomic E-state index is 0.517. The zero-order chi connectivity index (χ0) is 18.5. The molecule has 5 rings (SSSR count).